The summed E-state index contributed by atoms with van der Waals surface area (Å²) in [7, 11) is 1.94. The molecule has 0 bridgehead atoms. The molecule has 0 saturated carbocycles. The van der Waals surface area contributed by atoms with Crippen molar-refractivity contribution >= 4 is 68.7 Å². The summed E-state index contributed by atoms with van der Waals surface area (Å²) in [5, 5.41) is 2.82. The van der Waals surface area contributed by atoms with E-state index in [4.69, 9.17) is 5.73 Å². The number of hydrogen-bond donors (Lipinski definition) is 2. The predicted molar refractivity (Wildman–Crippen MR) is 190 cm³/mol. The predicted octanol–water partition coefficient (Wildman–Crippen LogP) is 2.38. The number of aryl methyl sites for hydroxylation is 1. The molecule has 254 valence electrons. The molecule has 4 aliphatic rings. The lowest BCUT2D eigenvalue weighted by molar-refractivity contribution is -0.443. The fourth-order valence-corrected chi connectivity index (χ4v) is 8.41. The van der Waals surface area contributed by atoms with E-state index in [0.717, 1.165) is 79.1 Å². The Morgan fingerprint density at radius 1 is 0.920 bits per heavy atom. The maximum Gasteiger partial charge on any atom is 0.284 e. The number of nitrogen functional groups attached to an aromatic ring is 1. The van der Waals surface area contributed by atoms with Gasteiger partial charge in [-0.15, -0.1) is 0 Å². The molecule has 0 spiro atoms. The molecule has 3 N–H and O–H groups in total. The Labute approximate surface area is 287 Å². The third-order valence-corrected chi connectivity index (χ3v) is 11.1. The number of nitrogens with one attached hydrogen (secondary N) is 1. The normalized spacial score (nSPS) is 21.7. The molecule has 5 aromatic rings. The molecule has 13 heteroatoms. The van der Waals surface area contributed by atoms with Crippen LogP contribution in [0.2, 0.25) is 0 Å². The van der Waals surface area contributed by atoms with Crippen molar-refractivity contribution in [1.29, 1.82) is 0 Å². The van der Waals surface area contributed by atoms with Crippen LogP contribution in [0.4, 0.5) is 17.1 Å². The van der Waals surface area contributed by atoms with E-state index in [1.54, 1.807) is 11.0 Å². The zero-order valence-corrected chi connectivity index (χ0v) is 27.8. The highest BCUT2D eigenvalue weighted by atomic mass is 16.2. The van der Waals surface area contributed by atoms with E-state index in [-0.39, 0.29) is 29.7 Å². The number of aromatic nitrogens is 3. The van der Waals surface area contributed by atoms with Crippen LogP contribution in [0.25, 0.3) is 27.7 Å². The number of nitrogens with zero attached hydrogens (tertiary/aromatic N) is 7. The van der Waals surface area contributed by atoms with Crippen LogP contribution >= 0.6 is 0 Å². The first-order valence-corrected chi connectivity index (χ1v) is 17.3. The molecule has 13 nitrogen and oxygen atoms in total. The van der Waals surface area contributed by atoms with Crippen molar-refractivity contribution in [3.8, 4) is 0 Å². The van der Waals surface area contributed by atoms with Gasteiger partial charge in [-0.1, -0.05) is 6.07 Å². The molecule has 2 unspecified atom stereocenters. The lowest BCUT2D eigenvalue weighted by Gasteiger charge is -2.40. The summed E-state index contributed by atoms with van der Waals surface area (Å²) in [5.74, 6) is -0.217. The first kappa shape index (κ1) is 30.5. The van der Waals surface area contributed by atoms with Crippen LogP contribution in [-0.4, -0.2) is 97.1 Å². The second-order valence-corrected chi connectivity index (χ2v) is 13.8. The summed E-state index contributed by atoms with van der Waals surface area (Å²) in [4.78, 5) is 61.0. The maximum atomic E-state index is 13.1. The monoisotopic (exact) mass is 672 g/mol. The van der Waals surface area contributed by atoms with Gasteiger partial charge in [-0.05, 0) is 48.4 Å². The van der Waals surface area contributed by atoms with Crippen molar-refractivity contribution in [2.45, 2.75) is 44.3 Å². The Morgan fingerprint density at radius 3 is 2.54 bits per heavy atom. The molecular weight excluding hydrogens is 634 g/mol. The smallest absolute Gasteiger partial charge is 0.284 e. The van der Waals surface area contributed by atoms with Crippen LogP contribution in [0, 0.1) is 0 Å². The van der Waals surface area contributed by atoms with E-state index in [0.29, 0.717) is 41.4 Å². The number of hydrogen-bond acceptors (Lipinski definition) is 8. The maximum absolute atomic E-state index is 13.1. The lowest BCUT2D eigenvalue weighted by Crippen LogP contribution is -2.52. The Morgan fingerprint density at radius 2 is 1.76 bits per heavy atom. The number of amides is 3. The quantitative estimate of drug-likeness (QED) is 0.169. The topological polar surface area (TPSA) is 141 Å². The van der Waals surface area contributed by atoms with Gasteiger partial charge in [0, 0.05) is 94.1 Å². The third-order valence-electron chi connectivity index (χ3n) is 11.1. The molecular formula is C37H38N9O4+. The summed E-state index contributed by atoms with van der Waals surface area (Å²) in [6.07, 6.45) is 4.95. The Hall–Kier alpha value is -5.56. The van der Waals surface area contributed by atoms with Gasteiger partial charge in [-0.3, -0.25) is 33.8 Å². The highest BCUT2D eigenvalue weighted by Gasteiger charge is 2.39. The number of carbonyl (C=O) groups is 3. The summed E-state index contributed by atoms with van der Waals surface area (Å²) in [6.45, 7) is 5.03. The van der Waals surface area contributed by atoms with Gasteiger partial charge in [-0.2, -0.15) is 4.98 Å². The van der Waals surface area contributed by atoms with Crippen molar-refractivity contribution < 1.29 is 19.0 Å². The van der Waals surface area contributed by atoms with Crippen molar-refractivity contribution in [1.82, 2.24) is 29.1 Å². The minimum Gasteiger partial charge on any atom is -0.398 e. The molecule has 0 radical (unpaired) electrons. The number of imide groups is 1. The van der Waals surface area contributed by atoms with Gasteiger partial charge in [0.25, 0.3) is 11.5 Å². The van der Waals surface area contributed by atoms with Crippen LogP contribution in [0.15, 0.2) is 59.4 Å². The number of anilines is 2. The zero-order valence-electron chi connectivity index (χ0n) is 27.8. The number of piperidine rings is 1. The van der Waals surface area contributed by atoms with Gasteiger partial charge in [0.05, 0.1) is 21.9 Å². The van der Waals surface area contributed by atoms with E-state index in [1.165, 1.54) is 0 Å². The molecule has 2 atom stereocenters. The van der Waals surface area contributed by atoms with Gasteiger partial charge in [0.15, 0.2) is 0 Å². The van der Waals surface area contributed by atoms with E-state index in [9.17, 15) is 19.2 Å². The second kappa shape index (κ2) is 11.5. The second-order valence-electron chi connectivity index (χ2n) is 13.8. The molecule has 3 amide bonds. The van der Waals surface area contributed by atoms with Gasteiger partial charge in [0.2, 0.25) is 23.3 Å². The first-order chi connectivity index (χ1) is 24.2. The molecule has 6 heterocycles. The summed E-state index contributed by atoms with van der Waals surface area (Å²) in [6, 6.07) is 17.8. The summed E-state index contributed by atoms with van der Waals surface area (Å²) in [5.41, 5.74) is 12.8. The van der Waals surface area contributed by atoms with Crippen molar-refractivity contribution in [3.63, 3.8) is 0 Å². The third kappa shape index (κ3) is 4.78. The van der Waals surface area contributed by atoms with Gasteiger partial charge in [0.1, 0.15) is 18.8 Å². The highest BCUT2D eigenvalue weighted by molar-refractivity contribution is 6.05. The van der Waals surface area contributed by atoms with Crippen LogP contribution in [0.1, 0.15) is 41.6 Å². The number of nitrogens with two attached hydrogens (primary N) is 1. The van der Waals surface area contributed by atoms with Gasteiger partial charge < -0.3 is 20.1 Å². The molecule has 0 aliphatic carbocycles. The minimum absolute atomic E-state index is 0.140. The Kier molecular flexibility index (Phi) is 7.02. The molecule has 4 aliphatic heterocycles. The Bertz CT molecular complexity index is 2370. The van der Waals surface area contributed by atoms with Crippen molar-refractivity contribution in [2.75, 3.05) is 43.4 Å². The highest BCUT2D eigenvalue weighted by Crippen LogP contribution is 2.32. The van der Waals surface area contributed by atoms with E-state index >= 15 is 0 Å². The summed E-state index contributed by atoms with van der Waals surface area (Å²) < 4.78 is 6.32. The SMILES string of the molecule is Cn1c2cc([N+]3=CCC(N4CCN(c5ccc6c(c5)CN(C5CCC(=O)NC5=O)C6=O)CC4)CC3)ccc2n2c3cccc(N)c3c(=O)nc12. The largest absolute Gasteiger partial charge is 0.398 e. The number of carbonyl (C=O) groups excluding carboxylic acids is 3. The molecule has 2 saturated heterocycles. The van der Waals surface area contributed by atoms with Crippen molar-refractivity contribution in [3.05, 3.63) is 76.1 Å². The average Bonchev–Trinajstić information content (AvgIpc) is 3.60. The van der Waals surface area contributed by atoms with Crippen molar-refractivity contribution in [2.24, 2.45) is 7.05 Å². The van der Waals surface area contributed by atoms with Gasteiger partial charge >= 0.3 is 0 Å². The molecule has 9 rings (SSSR count). The van der Waals surface area contributed by atoms with E-state index in [1.807, 2.05) is 40.3 Å². The van der Waals surface area contributed by atoms with Crippen LogP contribution in [-0.2, 0) is 23.2 Å². The molecule has 2 fully saturated rings. The molecule has 3 aromatic carbocycles. The summed E-state index contributed by atoms with van der Waals surface area (Å²) >= 11 is 0. The minimum atomic E-state index is -0.602. The fraction of sp³-hybridized carbons (Fsp3) is 0.351. The zero-order chi connectivity index (χ0) is 34.3. The van der Waals surface area contributed by atoms with Crippen LogP contribution in [0.5, 0.6) is 0 Å². The van der Waals surface area contributed by atoms with Gasteiger partial charge in [-0.25, -0.2) is 4.58 Å². The number of imidazole rings is 1. The number of rotatable bonds is 4. The van der Waals surface area contributed by atoms with E-state index in [2.05, 4.69) is 55.2 Å². The number of fused-ring (bicyclic) bond motifs is 6. The van der Waals surface area contributed by atoms with Crippen LogP contribution < -0.4 is 21.5 Å². The molecule has 50 heavy (non-hydrogen) atoms. The average molecular weight is 673 g/mol. The fourth-order valence-electron chi connectivity index (χ4n) is 8.41. The number of piperazine rings is 1. The number of benzene rings is 3. The molecule has 2 aromatic heterocycles. The first-order valence-electron chi connectivity index (χ1n) is 17.3. The van der Waals surface area contributed by atoms with E-state index < -0.39 is 6.04 Å². The standard InChI is InChI=1S/C37H37N9O4/c1-41-31-20-25(6-8-28(31)46-29-4-2-3-27(38)33(29)35(49)40-37(41)46)42-13-11-23(12-14-42)43-15-17-44(18-16-43)24-5-7-26-22(19-24)21-45(36(26)50)30-9-10-32(47)39-34(30)48/h2-8,13,19-20,23,30H,9-12,14-18,21H2,1H3,(H2-,38,39,47,48,49)/p+1. The van der Waals surface area contributed by atoms with Crippen LogP contribution in [0.3, 0.4) is 0 Å². The lowest BCUT2D eigenvalue weighted by atomic mass is 10.0. The Balaban J connectivity index is 0.870.